The van der Waals surface area contributed by atoms with Crippen molar-refractivity contribution in [2.75, 3.05) is 7.11 Å². The highest BCUT2D eigenvalue weighted by Crippen LogP contribution is 2.31. The van der Waals surface area contributed by atoms with Crippen LogP contribution in [0.15, 0.2) is 42.5 Å². The lowest BCUT2D eigenvalue weighted by Crippen LogP contribution is -2.37. The third-order valence-corrected chi connectivity index (χ3v) is 3.76. The van der Waals surface area contributed by atoms with Crippen LogP contribution in [-0.2, 0) is 4.79 Å². The molecule has 26 heavy (non-hydrogen) atoms. The SMILES string of the molecule is COc1ccc(O[C@H](C)C(=O)N[C@@H](C)c2ccc(F)cc2)c([N+](=O)[O-])c1. The van der Waals surface area contributed by atoms with Crippen LogP contribution in [0, 0.1) is 15.9 Å². The minimum atomic E-state index is -0.968. The molecule has 0 heterocycles. The first-order valence-electron chi connectivity index (χ1n) is 7.86. The zero-order chi connectivity index (χ0) is 19.3. The number of nitro benzene ring substituents is 1. The summed E-state index contributed by atoms with van der Waals surface area (Å²) in [7, 11) is 1.40. The van der Waals surface area contributed by atoms with E-state index in [9.17, 15) is 19.3 Å². The van der Waals surface area contributed by atoms with E-state index in [0.717, 1.165) is 5.56 Å². The van der Waals surface area contributed by atoms with Gasteiger partial charge in [-0.3, -0.25) is 14.9 Å². The van der Waals surface area contributed by atoms with Crippen molar-refractivity contribution in [3.05, 3.63) is 64.0 Å². The third kappa shape index (κ3) is 4.69. The second-order valence-corrected chi connectivity index (χ2v) is 5.63. The van der Waals surface area contributed by atoms with Crippen molar-refractivity contribution in [3.63, 3.8) is 0 Å². The molecular formula is C18H19FN2O5. The van der Waals surface area contributed by atoms with E-state index < -0.39 is 16.9 Å². The van der Waals surface area contributed by atoms with Crippen molar-refractivity contribution in [2.24, 2.45) is 0 Å². The Morgan fingerprint density at radius 3 is 2.42 bits per heavy atom. The first-order valence-corrected chi connectivity index (χ1v) is 7.86. The van der Waals surface area contributed by atoms with E-state index in [4.69, 9.17) is 9.47 Å². The number of ether oxygens (including phenoxy) is 2. The summed E-state index contributed by atoms with van der Waals surface area (Å²) in [4.78, 5) is 22.9. The van der Waals surface area contributed by atoms with Crippen molar-refractivity contribution in [3.8, 4) is 11.5 Å². The minimum absolute atomic E-state index is 0.0344. The van der Waals surface area contributed by atoms with E-state index in [1.165, 1.54) is 44.4 Å². The molecule has 0 aliphatic carbocycles. The number of hydrogen-bond acceptors (Lipinski definition) is 5. The number of benzene rings is 2. The summed E-state index contributed by atoms with van der Waals surface area (Å²) >= 11 is 0. The maximum Gasteiger partial charge on any atom is 0.314 e. The monoisotopic (exact) mass is 362 g/mol. The Labute approximate surface area is 149 Å². The second-order valence-electron chi connectivity index (χ2n) is 5.63. The lowest BCUT2D eigenvalue weighted by Gasteiger charge is -2.19. The molecule has 0 spiro atoms. The van der Waals surface area contributed by atoms with Gasteiger partial charge in [0.1, 0.15) is 11.6 Å². The van der Waals surface area contributed by atoms with Gasteiger partial charge < -0.3 is 14.8 Å². The van der Waals surface area contributed by atoms with Crippen LogP contribution in [0.5, 0.6) is 11.5 Å². The van der Waals surface area contributed by atoms with Gasteiger partial charge in [-0.25, -0.2) is 4.39 Å². The van der Waals surface area contributed by atoms with Gasteiger partial charge in [0.15, 0.2) is 11.9 Å². The summed E-state index contributed by atoms with van der Waals surface area (Å²) in [6.07, 6.45) is -0.968. The number of nitrogens with zero attached hydrogens (tertiary/aromatic N) is 1. The molecule has 0 radical (unpaired) electrons. The van der Waals surface area contributed by atoms with Crippen LogP contribution < -0.4 is 14.8 Å². The Morgan fingerprint density at radius 2 is 1.85 bits per heavy atom. The Morgan fingerprint density at radius 1 is 1.19 bits per heavy atom. The Balaban J connectivity index is 2.07. The molecule has 0 bridgehead atoms. The van der Waals surface area contributed by atoms with Gasteiger partial charge in [0, 0.05) is 0 Å². The van der Waals surface area contributed by atoms with Crippen LogP contribution in [0.3, 0.4) is 0 Å². The first-order chi connectivity index (χ1) is 12.3. The van der Waals surface area contributed by atoms with E-state index in [1.807, 2.05) is 0 Å². The Kier molecular flexibility index (Phi) is 6.11. The lowest BCUT2D eigenvalue weighted by molar-refractivity contribution is -0.386. The molecule has 0 saturated heterocycles. The van der Waals surface area contributed by atoms with Gasteiger partial charge in [-0.15, -0.1) is 0 Å². The standard InChI is InChI=1S/C18H19FN2O5/c1-11(13-4-6-14(19)7-5-13)20-18(22)12(2)26-17-9-8-15(25-3)10-16(17)21(23)24/h4-12H,1-3H3,(H,20,22)/t11-,12+/m0/s1. The number of amides is 1. The van der Waals surface area contributed by atoms with E-state index in [-0.39, 0.29) is 23.3 Å². The number of halogens is 1. The molecule has 8 heteroatoms. The highest BCUT2D eigenvalue weighted by Gasteiger charge is 2.23. The molecule has 7 nitrogen and oxygen atoms in total. The van der Waals surface area contributed by atoms with Crippen molar-refractivity contribution >= 4 is 11.6 Å². The predicted octanol–water partition coefficient (Wildman–Crippen LogP) is 3.39. The number of carbonyl (C=O) groups excluding carboxylic acids is 1. The molecule has 2 rings (SSSR count). The Hall–Kier alpha value is -3.16. The van der Waals surface area contributed by atoms with Gasteiger partial charge in [-0.2, -0.15) is 0 Å². The topological polar surface area (TPSA) is 90.7 Å². The first kappa shape index (κ1) is 19.2. The smallest absolute Gasteiger partial charge is 0.314 e. The van der Waals surface area contributed by atoms with E-state index in [2.05, 4.69) is 5.32 Å². The van der Waals surface area contributed by atoms with Crippen LogP contribution in [0.1, 0.15) is 25.5 Å². The van der Waals surface area contributed by atoms with E-state index in [1.54, 1.807) is 19.1 Å². The van der Waals surface area contributed by atoms with Crippen LogP contribution in [-0.4, -0.2) is 24.0 Å². The number of carbonyl (C=O) groups is 1. The maximum atomic E-state index is 13.0. The fourth-order valence-electron chi connectivity index (χ4n) is 2.28. The summed E-state index contributed by atoms with van der Waals surface area (Å²) < 4.78 is 23.4. The number of hydrogen-bond donors (Lipinski definition) is 1. The number of rotatable bonds is 7. The molecule has 1 N–H and O–H groups in total. The van der Waals surface area contributed by atoms with Gasteiger partial charge >= 0.3 is 5.69 Å². The molecule has 0 fully saturated rings. The summed E-state index contributed by atoms with van der Waals surface area (Å²) in [5.74, 6) is -0.540. The number of methoxy groups -OCH3 is 1. The fraction of sp³-hybridized carbons (Fsp3) is 0.278. The van der Waals surface area contributed by atoms with Crippen molar-refractivity contribution in [1.82, 2.24) is 5.32 Å². The van der Waals surface area contributed by atoms with Gasteiger partial charge in [0.25, 0.3) is 5.91 Å². The third-order valence-electron chi connectivity index (χ3n) is 3.76. The molecule has 2 aromatic rings. The fourth-order valence-corrected chi connectivity index (χ4v) is 2.28. The molecule has 1 amide bonds. The molecule has 138 valence electrons. The molecule has 0 aromatic heterocycles. The minimum Gasteiger partial charge on any atom is -0.496 e. The van der Waals surface area contributed by atoms with Crippen molar-refractivity contribution in [1.29, 1.82) is 0 Å². The van der Waals surface area contributed by atoms with Crippen LogP contribution in [0.4, 0.5) is 10.1 Å². The zero-order valence-corrected chi connectivity index (χ0v) is 14.6. The van der Waals surface area contributed by atoms with Crippen LogP contribution >= 0.6 is 0 Å². The van der Waals surface area contributed by atoms with Gasteiger partial charge in [-0.1, -0.05) is 12.1 Å². The zero-order valence-electron chi connectivity index (χ0n) is 14.6. The average molecular weight is 362 g/mol. The number of nitrogens with one attached hydrogen (secondary N) is 1. The molecule has 0 aliphatic rings. The van der Waals surface area contributed by atoms with Crippen molar-refractivity contribution in [2.45, 2.75) is 26.0 Å². The molecule has 2 atom stereocenters. The number of nitro groups is 1. The summed E-state index contributed by atoms with van der Waals surface area (Å²) in [5, 5.41) is 13.9. The van der Waals surface area contributed by atoms with Crippen LogP contribution in [0.2, 0.25) is 0 Å². The normalized spacial score (nSPS) is 12.8. The lowest BCUT2D eigenvalue weighted by atomic mass is 10.1. The summed E-state index contributed by atoms with van der Waals surface area (Å²) in [6, 6.07) is 9.48. The second kappa shape index (κ2) is 8.28. The van der Waals surface area contributed by atoms with Crippen LogP contribution in [0.25, 0.3) is 0 Å². The molecule has 0 unspecified atom stereocenters. The summed E-state index contributed by atoms with van der Waals surface area (Å²) in [5.41, 5.74) is 0.429. The quantitative estimate of drug-likeness (QED) is 0.602. The Bertz CT molecular complexity index is 795. The molecular weight excluding hydrogens is 343 g/mol. The maximum absolute atomic E-state index is 13.0. The largest absolute Gasteiger partial charge is 0.496 e. The van der Waals surface area contributed by atoms with Gasteiger partial charge in [0.05, 0.1) is 24.1 Å². The van der Waals surface area contributed by atoms with Gasteiger partial charge in [-0.05, 0) is 43.7 Å². The highest BCUT2D eigenvalue weighted by molar-refractivity contribution is 5.81. The van der Waals surface area contributed by atoms with Crippen molar-refractivity contribution < 1.29 is 23.6 Å². The molecule has 0 saturated carbocycles. The molecule has 2 aromatic carbocycles. The average Bonchev–Trinajstić information content (AvgIpc) is 2.62. The predicted molar refractivity (Wildman–Crippen MR) is 92.7 cm³/mol. The van der Waals surface area contributed by atoms with Gasteiger partial charge in [0.2, 0.25) is 0 Å². The molecule has 0 aliphatic heterocycles. The highest BCUT2D eigenvalue weighted by atomic mass is 19.1. The van der Waals surface area contributed by atoms with E-state index >= 15 is 0 Å². The summed E-state index contributed by atoms with van der Waals surface area (Å²) in [6.45, 7) is 3.23. The van der Waals surface area contributed by atoms with E-state index in [0.29, 0.717) is 5.75 Å².